The van der Waals surface area contributed by atoms with Gasteiger partial charge in [-0.2, -0.15) is 8.78 Å². The van der Waals surface area contributed by atoms with E-state index in [2.05, 4.69) is 15.4 Å². The van der Waals surface area contributed by atoms with Crippen LogP contribution in [0.5, 0.6) is 5.75 Å². The molecule has 0 aliphatic heterocycles. The van der Waals surface area contributed by atoms with Crippen LogP contribution in [-0.2, 0) is 9.53 Å². The Balaban J connectivity index is 2.30. The lowest BCUT2D eigenvalue weighted by Crippen LogP contribution is -2.52. The summed E-state index contributed by atoms with van der Waals surface area (Å²) in [6.07, 6.45) is 10.7. The van der Waals surface area contributed by atoms with Crippen molar-refractivity contribution in [2.45, 2.75) is 53.2 Å². The number of allylic oxidation sites excluding steroid dienone is 6. The van der Waals surface area contributed by atoms with Gasteiger partial charge in [-0.3, -0.25) is 4.79 Å². The van der Waals surface area contributed by atoms with E-state index in [0.717, 1.165) is 0 Å². The lowest BCUT2D eigenvalue weighted by molar-refractivity contribution is -0.140. The molecule has 2 rings (SSSR count). The summed E-state index contributed by atoms with van der Waals surface area (Å²) in [6.45, 7) is 9.04. The Morgan fingerprint density at radius 3 is 1.95 bits per heavy atom. The first-order valence-electron chi connectivity index (χ1n) is 11.6. The van der Waals surface area contributed by atoms with Crippen LogP contribution in [0.4, 0.5) is 22.4 Å². The second kappa shape index (κ2) is 12.1. The molecule has 0 saturated carbocycles. The van der Waals surface area contributed by atoms with Gasteiger partial charge in [0.05, 0.1) is 0 Å². The topological polar surface area (TPSA) is 93.7 Å². The van der Waals surface area contributed by atoms with Gasteiger partial charge < -0.3 is 20.1 Å². The highest BCUT2D eigenvalue weighted by Gasteiger charge is 2.38. The number of rotatable bonds is 6. The van der Waals surface area contributed by atoms with Gasteiger partial charge in [0.1, 0.15) is 17.2 Å². The normalized spacial score (nSPS) is 15.9. The van der Waals surface area contributed by atoms with Crippen molar-refractivity contribution >= 4 is 18.0 Å². The van der Waals surface area contributed by atoms with Crippen LogP contribution in [0.2, 0.25) is 0 Å². The zero-order valence-electron chi connectivity index (χ0n) is 21.9. The van der Waals surface area contributed by atoms with Crippen molar-refractivity contribution in [3.05, 3.63) is 76.9 Å². The van der Waals surface area contributed by atoms with Crippen LogP contribution in [0, 0.1) is 28.7 Å². The number of nitrogens with one attached hydrogen (secondary N) is 2. The lowest BCUT2D eigenvalue weighted by Gasteiger charge is -2.30. The highest BCUT2D eigenvalue weighted by atomic mass is 19.2. The predicted octanol–water partition coefficient (Wildman–Crippen LogP) is 5.43. The summed E-state index contributed by atoms with van der Waals surface area (Å²) in [6, 6.07) is -1.53. The quantitative estimate of drug-likeness (QED) is 0.218. The third-order valence-electron chi connectivity index (χ3n) is 4.93. The number of carbonyl (C=O) groups is 3. The molecule has 1 aliphatic carbocycles. The van der Waals surface area contributed by atoms with Gasteiger partial charge in [-0.15, -0.1) is 0 Å². The van der Waals surface area contributed by atoms with Gasteiger partial charge in [0.15, 0.2) is 11.6 Å². The average Bonchev–Trinajstić information content (AvgIpc) is 2.76. The fourth-order valence-corrected chi connectivity index (χ4v) is 3.11. The van der Waals surface area contributed by atoms with Gasteiger partial charge in [-0.1, -0.05) is 63.3 Å². The van der Waals surface area contributed by atoms with Gasteiger partial charge in [0, 0.05) is 6.54 Å². The molecule has 1 atom stereocenters. The van der Waals surface area contributed by atoms with Gasteiger partial charge >= 0.3 is 12.1 Å². The lowest BCUT2D eigenvalue weighted by atomic mass is 9.87. The minimum absolute atomic E-state index is 0.198. The van der Waals surface area contributed by atoms with E-state index in [4.69, 9.17) is 4.74 Å². The van der Waals surface area contributed by atoms with E-state index in [9.17, 15) is 31.9 Å². The van der Waals surface area contributed by atoms with Crippen LogP contribution < -0.4 is 15.4 Å². The molecule has 0 fully saturated rings. The van der Waals surface area contributed by atoms with E-state index >= 15 is 0 Å². The van der Waals surface area contributed by atoms with E-state index in [1.54, 1.807) is 63.3 Å². The van der Waals surface area contributed by atoms with Crippen molar-refractivity contribution in [2.75, 3.05) is 6.54 Å². The largest absolute Gasteiger partial charge is 0.444 e. The van der Waals surface area contributed by atoms with Crippen molar-refractivity contribution in [2.24, 2.45) is 5.41 Å². The first kappa shape index (κ1) is 30.3. The second-order valence-corrected chi connectivity index (χ2v) is 10.4. The van der Waals surface area contributed by atoms with Crippen molar-refractivity contribution in [3.63, 3.8) is 0 Å². The highest BCUT2D eigenvalue weighted by molar-refractivity contribution is 5.95. The second-order valence-electron chi connectivity index (χ2n) is 10.4. The molecule has 206 valence electrons. The predicted molar refractivity (Wildman–Crippen MR) is 132 cm³/mol. The minimum atomic E-state index is -2.09. The summed E-state index contributed by atoms with van der Waals surface area (Å²) < 4.78 is 68.8. The monoisotopic (exact) mass is 538 g/mol. The first-order chi connectivity index (χ1) is 17.5. The summed E-state index contributed by atoms with van der Waals surface area (Å²) in [5.74, 6) is -12.8. The molecular weight excluding hydrogens is 508 g/mol. The molecule has 1 aromatic carbocycles. The maximum absolute atomic E-state index is 14.8. The summed E-state index contributed by atoms with van der Waals surface area (Å²) >= 11 is 0. The first-order valence-corrected chi connectivity index (χ1v) is 11.6. The fraction of sp³-hybridized carbons (Fsp3) is 0.370. The average molecular weight is 539 g/mol. The van der Waals surface area contributed by atoms with Crippen LogP contribution in [0.3, 0.4) is 0 Å². The van der Waals surface area contributed by atoms with Crippen LogP contribution in [0.25, 0.3) is 0 Å². The number of halogens is 4. The van der Waals surface area contributed by atoms with E-state index < -0.39 is 69.6 Å². The minimum Gasteiger partial charge on any atom is -0.444 e. The number of carbonyl (C=O) groups excluding carboxylic acids is 3. The molecule has 0 heterocycles. The Morgan fingerprint density at radius 1 is 0.842 bits per heavy atom. The van der Waals surface area contributed by atoms with Gasteiger partial charge in [-0.25, -0.2) is 18.4 Å². The third-order valence-corrected chi connectivity index (χ3v) is 4.93. The van der Waals surface area contributed by atoms with Crippen LogP contribution >= 0.6 is 0 Å². The molecule has 38 heavy (non-hydrogen) atoms. The molecule has 0 aromatic heterocycles. The molecule has 0 saturated heterocycles. The Morgan fingerprint density at radius 2 is 1.39 bits per heavy atom. The molecule has 2 N–H and O–H groups in total. The molecular formula is C27H30F4N2O5. The summed E-state index contributed by atoms with van der Waals surface area (Å²) in [7, 11) is 0. The van der Waals surface area contributed by atoms with E-state index in [0.29, 0.717) is 5.57 Å². The van der Waals surface area contributed by atoms with Crippen molar-refractivity contribution < 1.29 is 41.4 Å². The number of amides is 2. The Kier molecular flexibility index (Phi) is 9.66. The summed E-state index contributed by atoms with van der Waals surface area (Å²) in [5, 5.41) is 4.43. The Bertz CT molecular complexity index is 1190. The Labute approximate surface area is 218 Å². The standard InChI is InChI=1S/C27H30F4N2O5/c1-26(2,3)22(33-25(36)38-27(4,5)6)24(35)37-21-19(30)17(28)16(18(29)20(21)31)23(34)32-14-15-12-10-8-7-9-11-13-15/h7-13,22H,14H2,1-6H3,(H,32,34)(H,33,36)/b8-7-,9-7?,10-8?,11-9-,12-10?,13-11?,15-12?,15-13?/t22-/m1/s1. The summed E-state index contributed by atoms with van der Waals surface area (Å²) in [4.78, 5) is 37.4. The van der Waals surface area contributed by atoms with Crippen molar-refractivity contribution in [3.8, 4) is 5.75 Å². The van der Waals surface area contributed by atoms with Gasteiger partial charge in [-0.05, 0) is 31.8 Å². The summed E-state index contributed by atoms with van der Waals surface area (Å²) in [5.41, 5.74) is -2.97. The van der Waals surface area contributed by atoms with Gasteiger partial charge in [0.25, 0.3) is 5.91 Å². The zero-order valence-corrected chi connectivity index (χ0v) is 21.9. The molecule has 11 heteroatoms. The number of ether oxygens (including phenoxy) is 2. The smallest absolute Gasteiger partial charge is 0.408 e. The number of benzene rings is 1. The number of hydrogen-bond acceptors (Lipinski definition) is 5. The van der Waals surface area contributed by atoms with Crippen LogP contribution in [-0.4, -0.2) is 36.2 Å². The van der Waals surface area contributed by atoms with E-state index in [-0.39, 0.29) is 6.54 Å². The highest BCUT2D eigenvalue weighted by Crippen LogP contribution is 2.31. The van der Waals surface area contributed by atoms with Crippen LogP contribution in [0.1, 0.15) is 51.9 Å². The Hall–Kier alpha value is -3.89. The molecule has 7 nitrogen and oxygen atoms in total. The zero-order chi connectivity index (χ0) is 28.8. The van der Waals surface area contributed by atoms with Crippen LogP contribution in [0.15, 0.2) is 48.1 Å². The fourth-order valence-electron chi connectivity index (χ4n) is 3.11. The molecule has 2 amide bonds. The van der Waals surface area contributed by atoms with E-state index in [1.165, 1.54) is 20.8 Å². The molecule has 1 aromatic rings. The number of esters is 1. The maximum Gasteiger partial charge on any atom is 0.408 e. The van der Waals surface area contributed by atoms with E-state index in [1.807, 2.05) is 0 Å². The molecule has 1 aliphatic rings. The SMILES string of the molecule is CC(C)(C)OC(=O)N[C@H](C(=O)Oc1c(F)c(F)c(C(=O)NCC2=C/C=C\C=C/C=C2)c(F)c1F)C(C)(C)C. The third kappa shape index (κ3) is 8.06. The molecule has 0 spiro atoms. The molecule has 0 bridgehead atoms. The van der Waals surface area contributed by atoms with Crippen molar-refractivity contribution in [1.82, 2.24) is 10.6 Å². The van der Waals surface area contributed by atoms with Gasteiger partial charge in [0.2, 0.25) is 17.4 Å². The maximum atomic E-state index is 14.8. The number of alkyl carbamates (subject to hydrolysis) is 1. The number of hydrogen-bond donors (Lipinski definition) is 2. The molecule has 0 radical (unpaired) electrons. The van der Waals surface area contributed by atoms with Crippen molar-refractivity contribution in [1.29, 1.82) is 0 Å². The molecule has 0 unspecified atom stereocenters.